The van der Waals surface area contributed by atoms with Crippen LogP contribution in [0.5, 0.6) is 0 Å². The van der Waals surface area contributed by atoms with Gasteiger partial charge in [-0.25, -0.2) is 0 Å². The Morgan fingerprint density at radius 3 is 0.200 bits per heavy atom. The summed E-state index contributed by atoms with van der Waals surface area (Å²) in [5.74, 6) is 0. The minimum absolute atomic E-state index is 0. The minimum Gasteiger partial charge on any atom is -0.345 e. The zero-order valence-electron chi connectivity index (χ0n) is 35.9. The van der Waals surface area contributed by atoms with E-state index in [1.165, 1.54) is 53.3 Å². The first-order valence-corrected chi connectivity index (χ1v) is 38.3. The first-order valence-electron chi connectivity index (χ1n) is 12.8. The Balaban J connectivity index is -0.0000000246. The van der Waals surface area contributed by atoms with Crippen molar-refractivity contribution in [3.05, 3.63) is 0 Å². The van der Waals surface area contributed by atoms with Gasteiger partial charge in [-0.2, -0.15) is 0 Å². The summed E-state index contributed by atoms with van der Waals surface area (Å²) in [6.07, 6.45) is 0. The van der Waals surface area contributed by atoms with Gasteiger partial charge in [0.15, 0.2) is 29.5 Å². The van der Waals surface area contributed by atoms with Crippen molar-refractivity contribution in [2.24, 2.45) is 0 Å². The van der Waals surface area contributed by atoms with Gasteiger partial charge < -0.3 is 62.6 Å². The van der Waals surface area contributed by atoms with Gasteiger partial charge in [-0.1, -0.05) is 0 Å². The fourth-order valence-corrected chi connectivity index (χ4v) is 0. The molecule has 0 spiro atoms. The molecule has 0 aromatic rings. The summed E-state index contributed by atoms with van der Waals surface area (Å²) in [5, 5.41) is 0. The Kier molecular flexibility index (Phi) is 97.1. The van der Waals surface area contributed by atoms with Crippen molar-refractivity contribution < 1.29 is 301 Å². The molecule has 0 aromatic carbocycles. The van der Waals surface area contributed by atoms with E-state index >= 15 is 0 Å². The Morgan fingerprint density at radius 1 is 0.200 bits per heavy atom. The van der Waals surface area contributed by atoms with Crippen molar-refractivity contribution in [1.82, 2.24) is 0 Å². The largest absolute Gasteiger partial charge is 0.345 e. The molecule has 0 saturated carbocycles. The molecule has 35 heteroatoms. The predicted molar refractivity (Wildman–Crippen MR) is 217 cm³/mol. The van der Waals surface area contributed by atoms with Crippen LogP contribution in [0, 0.1) is 206 Å². The fraction of sp³-hybridized carbons (Fsp3) is 1.00. The van der Waals surface area contributed by atoms with E-state index < -0.39 is 73.7 Å². The van der Waals surface area contributed by atoms with Gasteiger partial charge in [0, 0.05) is 280 Å². The minimum atomic E-state index is -3.64. The van der Waals surface area contributed by atoms with Crippen LogP contribution in [0.4, 0.5) is 0 Å². The van der Waals surface area contributed by atoms with Gasteiger partial charge in [0.1, 0.15) is 0 Å². The molecule has 0 aliphatic carbocycles. The summed E-state index contributed by atoms with van der Waals surface area (Å²) in [7, 11) is -26.4. The SMILES string of the molecule is CP(=O)(O)O.CP(=O)(O)O.CP(=O)(O)O.CP(C)(=O)O.CP(C)(=O)O.CP(C)(=O)O.CP(C)(=O)O.CP(C)(C)=O.CP(C)(C)=O.CP(C)(C)=O.[Pr].[Pr].[Pr].[Pr].[Pr]. The topological polar surface area (TPSA) is 373 Å². The first kappa shape index (κ1) is 106. The van der Waals surface area contributed by atoms with Crippen molar-refractivity contribution in [1.29, 1.82) is 0 Å². The third-order valence-corrected chi connectivity index (χ3v) is 0. The summed E-state index contributed by atoms with van der Waals surface area (Å²) in [6.45, 7) is 28.6. The first-order chi connectivity index (χ1) is 20.0. The van der Waals surface area contributed by atoms with E-state index in [4.69, 9.17) is 48.9 Å². The van der Waals surface area contributed by atoms with E-state index in [9.17, 15) is 45.7 Å². The standard InChI is InChI=1S/3C3H9OP.4C2H7O2P.3CH5O3P.5Pr/c10*1-5(2,3)4;;;;;/h3*1-3H3;4*1-2H3,(H,3,4);3*1H3,(H2,2,3,4);;;;;. The smallest absolute Gasteiger partial charge is 0.322 e. The molecule has 55 heavy (non-hydrogen) atoms. The molecule has 0 aromatic heterocycles. The zero-order chi connectivity index (χ0) is 45.0. The number of hydrogen-bond donors (Lipinski definition) is 10. The van der Waals surface area contributed by atoms with E-state index in [-0.39, 0.29) is 206 Å². The molecule has 0 aliphatic rings. The van der Waals surface area contributed by atoms with Crippen LogP contribution in [0.2, 0.25) is 0 Å². The molecule has 0 heterocycles. The maximum atomic E-state index is 10.2. The molecule has 0 saturated heterocycles. The van der Waals surface area contributed by atoms with E-state index in [0.717, 1.165) is 20.0 Å². The molecule has 0 fully saturated rings. The van der Waals surface area contributed by atoms with Crippen LogP contribution in [0.25, 0.3) is 0 Å². The molecular formula is C20H70O20P10Pr5. The molecule has 0 amide bonds. The molecule has 0 rings (SSSR count). The van der Waals surface area contributed by atoms with E-state index in [2.05, 4.69) is 0 Å². The van der Waals surface area contributed by atoms with E-state index in [1.54, 1.807) is 60.0 Å². The second-order valence-corrected chi connectivity index (χ2v) is 40.1. The Morgan fingerprint density at radius 2 is 0.200 bits per heavy atom. The van der Waals surface area contributed by atoms with Crippen LogP contribution in [0.3, 0.4) is 0 Å². The molecule has 0 unspecified atom stereocenters. The van der Waals surface area contributed by atoms with Crippen molar-refractivity contribution in [2.45, 2.75) is 0 Å². The number of hydrogen-bond acceptors (Lipinski definition) is 10. The monoisotopic (exact) mass is 1640 g/mol. The van der Waals surface area contributed by atoms with Crippen LogP contribution >= 0.6 is 73.7 Å². The van der Waals surface area contributed by atoms with Gasteiger partial charge in [-0.15, -0.1) is 0 Å². The van der Waals surface area contributed by atoms with Gasteiger partial charge in [-0.05, 0) is 60.0 Å². The quantitative estimate of drug-likeness (QED) is 0.140. The summed E-state index contributed by atoms with van der Waals surface area (Å²) < 4.78 is 97.7. The molecule has 20 nitrogen and oxygen atoms in total. The summed E-state index contributed by atoms with van der Waals surface area (Å²) in [4.78, 5) is 78.1. The fourth-order valence-electron chi connectivity index (χ4n) is 0. The van der Waals surface area contributed by atoms with Gasteiger partial charge in [0.25, 0.3) is 0 Å². The van der Waals surface area contributed by atoms with Crippen molar-refractivity contribution in [3.63, 3.8) is 0 Å². The third kappa shape index (κ3) is 3040. The average Bonchev–Trinajstić information content (AvgIpc) is 2.34. The van der Waals surface area contributed by atoms with Gasteiger partial charge in [0.2, 0.25) is 0 Å². The van der Waals surface area contributed by atoms with E-state index in [0.29, 0.717) is 0 Å². The van der Waals surface area contributed by atoms with Crippen molar-refractivity contribution in [2.75, 3.05) is 133 Å². The molecule has 335 valence electrons. The van der Waals surface area contributed by atoms with Gasteiger partial charge >= 0.3 is 22.8 Å². The average molecular weight is 1650 g/mol. The predicted octanol–water partition coefficient (Wildman–Crippen LogP) is 5.16. The second kappa shape index (κ2) is 50.6. The van der Waals surface area contributed by atoms with Crippen LogP contribution in [-0.2, 0) is 45.7 Å². The van der Waals surface area contributed by atoms with Crippen LogP contribution in [0.1, 0.15) is 0 Å². The maximum absolute atomic E-state index is 10.2. The molecular weight excluding hydrogens is 1570 g/mol. The van der Waals surface area contributed by atoms with Crippen molar-refractivity contribution in [3.8, 4) is 0 Å². The van der Waals surface area contributed by atoms with E-state index in [1.807, 2.05) is 0 Å². The summed E-state index contributed by atoms with van der Waals surface area (Å²) in [5.41, 5.74) is 0. The summed E-state index contributed by atoms with van der Waals surface area (Å²) >= 11 is 0. The molecule has 10 N–H and O–H groups in total. The zero-order valence-corrected chi connectivity index (χ0v) is 63.4. The van der Waals surface area contributed by atoms with Crippen molar-refractivity contribution >= 4 is 73.7 Å². The molecule has 0 atom stereocenters. The molecule has 0 bridgehead atoms. The van der Waals surface area contributed by atoms with Crippen LogP contribution in [-0.4, -0.2) is 182 Å². The normalized spacial score (nSPS) is 10.7. The number of rotatable bonds is 0. The molecule has 0 aliphatic heterocycles. The Hall–Kier alpha value is 8.72. The van der Waals surface area contributed by atoms with Crippen LogP contribution < -0.4 is 0 Å². The Bertz CT molecular complexity index is 894. The van der Waals surface area contributed by atoms with Crippen LogP contribution in [0.15, 0.2) is 0 Å². The maximum Gasteiger partial charge on any atom is 0.322 e. The second-order valence-electron chi connectivity index (χ2n) is 13.4. The summed E-state index contributed by atoms with van der Waals surface area (Å²) in [6, 6.07) is 0. The third-order valence-electron chi connectivity index (χ3n) is 0. The van der Waals surface area contributed by atoms with Gasteiger partial charge in [0.05, 0.1) is 21.4 Å². The Labute approximate surface area is 498 Å². The molecule has 5 radical (unpaired) electrons. The van der Waals surface area contributed by atoms with Gasteiger partial charge in [-0.3, -0.25) is 32.0 Å².